The molecule has 2 saturated heterocycles. The lowest BCUT2D eigenvalue weighted by Crippen LogP contribution is -2.44. The van der Waals surface area contributed by atoms with Gasteiger partial charge >= 0.3 is 18.4 Å². The van der Waals surface area contributed by atoms with E-state index < -0.39 is 40.6 Å². The highest BCUT2D eigenvalue weighted by atomic mass is 32.2. The molecular weight excluding hydrogens is 333 g/mol. The van der Waals surface area contributed by atoms with Crippen LogP contribution in [0.4, 0.5) is 9.18 Å². The molecule has 4 atom stereocenters. The van der Waals surface area contributed by atoms with Crippen molar-refractivity contribution in [3.63, 3.8) is 0 Å². The third-order valence-electron chi connectivity index (χ3n) is 3.65. The van der Waals surface area contributed by atoms with Gasteiger partial charge in [0.15, 0.2) is 0 Å². The number of carboxylic acid groups (broad SMARTS) is 1. The third-order valence-corrected chi connectivity index (χ3v) is 5.35. The van der Waals surface area contributed by atoms with Gasteiger partial charge in [0.1, 0.15) is 5.37 Å². The zero-order chi connectivity index (χ0) is 17.1. The van der Waals surface area contributed by atoms with Crippen LogP contribution in [0.5, 0.6) is 0 Å². The molecule has 0 radical (unpaired) electrons. The van der Waals surface area contributed by atoms with E-state index in [0.717, 1.165) is 5.06 Å². The van der Waals surface area contributed by atoms with E-state index in [9.17, 15) is 23.0 Å². The molecule has 2 N–H and O–H groups in total. The van der Waals surface area contributed by atoms with E-state index in [1.165, 1.54) is 11.8 Å². The van der Waals surface area contributed by atoms with Crippen molar-refractivity contribution in [1.29, 1.82) is 0 Å². The number of hydrogen-bond donors (Lipinski definition) is 2. The molecule has 2 bridgehead atoms. The summed E-state index contributed by atoms with van der Waals surface area (Å²) in [6.07, 6.45) is -1.75. The molecule has 2 rings (SSSR count). The first kappa shape index (κ1) is 17.6. The number of nitrogens with one attached hydrogen (secondary N) is 1. The van der Waals surface area contributed by atoms with Crippen molar-refractivity contribution < 1.29 is 32.9 Å². The minimum atomic E-state index is -2.62. The van der Waals surface area contributed by atoms with E-state index in [4.69, 9.17) is 5.11 Å². The first-order valence-corrected chi connectivity index (χ1v) is 8.44. The summed E-state index contributed by atoms with van der Waals surface area (Å²) in [6, 6.07) is -1.14. The summed E-state index contributed by atoms with van der Waals surface area (Å²) in [4.78, 5) is 39.4. The highest BCUT2D eigenvalue weighted by Gasteiger charge is 2.48. The summed E-state index contributed by atoms with van der Waals surface area (Å²) in [7, 11) is -1.39. The molecule has 0 aromatic heterocycles. The van der Waals surface area contributed by atoms with Crippen LogP contribution in [0.1, 0.15) is 19.8 Å². The van der Waals surface area contributed by atoms with Gasteiger partial charge in [-0.1, -0.05) is 0 Å². The van der Waals surface area contributed by atoms with Crippen molar-refractivity contribution in [1.82, 2.24) is 15.3 Å². The molecule has 11 heteroatoms. The average Bonchev–Trinajstić information content (AvgIpc) is 2.71. The minimum Gasteiger partial charge on any atom is -0.477 e. The molecule has 9 nitrogen and oxygen atoms in total. The Labute approximate surface area is 134 Å². The Balaban J connectivity index is 1.96. The van der Waals surface area contributed by atoms with E-state index >= 15 is 0 Å². The van der Waals surface area contributed by atoms with Crippen molar-refractivity contribution >= 4 is 28.7 Å². The van der Waals surface area contributed by atoms with Gasteiger partial charge in [-0.25, -0.2) is 18.8 Å². The van der Waals surface area contributed by atoms with Gasteiger partial charge in [0.25, 0.3) is 0 Å². The Hall–Kier alpha value is -1.75. The molecule has 0 aliphatic carbocycles. The first-order chi connectivity index (χ1) is 10.8. The molecular formula is C12H18FN3O6S. The quantitative estimate of drug-likeness (QED) is 0.633. The number of carbonyl (C=O) groups excluding carboxylic acids is 2. The van der Waals surface area contributed by atoms with Gasteiger partial charge < -0.3 is 15.3 Å². The normalized spacial score (nSPS) is 26.1. The van der Waals surface area contributed by atoms with Crippen LogP contribution in [-0.4, -0.2) is 73.8 Å². The van der Waals surface area contributed by atoms with E-state index in [1.807, 2.05) is 0 Å². The van der Waals surface area contributed by atoms with Crippen LogP contribution in [0.25, 0.3) is 0 Å². The Morgan fingerprint density at radius 1 is 1.52 bits per heavy atom. The SMILES string of the molecule is CC(=O)NCC[S@@](=O)[C@@H]1CC[C@@H]2CN1C(=O)N2O[C@H](F)C(=O)O. The maximum absolute atomic E-state index is 13.2. The molecule has 0 saturated carbocycles. The number of alkyl halides is 1. The van der Waals surface area contributed by atoms with Crippen molar-refractivity contribution in [2.24, 2.45) is 0 Å². The molecule has 23 heavy (non-hydrogen) atoms. The Bertz CT molecular complexity index is 533. The fourth-order valence-electron chi connectivity index (χ4n) is 2.62. The number of nitrogens with zero attached hydrogens (tertiary/aromatic N) is 2. The van der Waals surface area contributed by atoms with E-state index in [-0.39, 0.29) is 24.7 Å². The number of urea groups is 1. The molecule has 0 unspecified atom stereocenters. The molecule has 0 aromatic rings. The van der Waals surface area contributed by atoms with Gasteiger partial charge in [-0.3, -0.25) is 9.00 Å². The summed E-state index contributed by atoms with van der Waals surface area (Å²) in [5.41, 5.74) is 0. The largest absolute Gasteiger partial charge is 0.477 e. The summed E-state index contributed by atoms with van der Waals surface area (Å²) >= 11 is 0. The predicted octanol–water partition coefficient (Wildman–Crippen LogP) is -0.591. The van der Waals surface area contributed by atoms with Crippen molar-refractivity contribution in [2.75, 3.05) is 18.8 Å². The fraction of sp³-hybridized carbons (Fsp3) is 0.750. The van der Waals surface area contributed by atoms with E-state index in [0.29, 0.717) is 12.8 Å². The molecule has 3 amide bonds. The number of hydrogen-bond acceptors (Lipinski definition) is 5. The number of fused-ring (bicyclic) bond motifs is 2. The standard InChI is InChI=1S/C12H18FN3O6S/c1-7(17)14-4-5-23(21)9-3-2-8-6-15(9)12(20)16(8)22-10(13)11(18)19/h8-10H,2-6H2,1H3,(H,14,17)(H,18,19)/t8-,9-,10+,23-/m1/s1. The Morgan fingerprint density at radius 2 is 2.22 bits per heavy atom. The molecule has 2 aliphatic heterocycles. The highest BCUT2D eigenvalue weighted by Crippen LogP contribution is 2.32. The Morgan fingerprint density at radius 3 is 2.83 bits per heavy atom. The number of amides is 3. The van der Waals surface area contributed by atoms with Crippen LogP contribution >= 0.6 is 0 Å². The van der Waals surface area contributed by atoms with Crippen LogP contribution in [0.15, 0.2) is 0 Å². The third kappa shape index (κ3) is 3.96. The topological polar surface area (TPSA) is 116 Å². The van der Waals surface area contributed by atoms with Gasteiger partial charge in [0.05, 0.1) is 6.04 Å². The van der Waals surface area contributed by atoms with Crippen molar-refractivity contribution in [2.45, 2.75) is 37.5 Å². The maximum Gasteiger partial charge on any atom is 0.368 e. The lowest BCUT2D eigenvalue weighted by molar-refractivity contribution is -0.223. The number of rotatable bonds is 7. The number of piperidine rings is 1. The molecule has 2 fully saturated rings. The molecule has 2 heterocycles. The van der Waals surface area contributed by atoms with Gasteiger partial charge in [0, 0.05) is 36.6 Å². The van der Waals surface area contributed by atoms with Crippen LogP contribution < -0.4 is 5.32 Å². The zero-order valence-electron chi connectivity index (χ0n) is 12.4. The van der Waals surface area contributed by atoms with E-state index in [1.54, 1.807) is 0 Å². The number of aliphatic carboxylic acids is 1. The number of carboxylic acids is 1. The summed E-state index contributed by atoms with van der Waals surface area (Å²) < 4.78 is 25.5. The molecule has 130 valence electrons. The van der Waals surface area contributed by atoms with Crippen LogP contribution in [0, 0.1) is 0 Å². The maximum atomic E-state index is 13.2. The summed E-state index contributed by atoms with van der Waals surface area (Å²) in [6.45, 7) is 1.79. The van der Waals surface area contributed by atoms with Crippen molar-refractivity contribution in [3.05, 3.63) is 0 Å². The summed E-state index contributed by atoms with van der Waals surface area (Å²) in [5, 5.41) is 11.2. The molecule has 0 spiro atoms. The molecule has 2 aliphatic rings. The lowest BCUT2D eigenvalue weighted by Gasteiger charge is -2.29. The van der Waals surface area contributed by atoms with Gasteiger partial charge in [-0.2, -0.15) is 5.06 Å². The van der Waals surface area contributed by atoms with Crippen LogP contribution in [-0.2, 0) is 25.2 Å². The Kier molecular flexibility index (Phi) is 5.52. The monoisotopic (exact) mass is 351 g/mol. The van der Waals surface area contributed by atoms with Crippen LogP contribution in [0.2, 0.25) is 0 Å². The second-order valence-corrected chi connectivity index (χ2v) is 6.99. The minimum absolute atomic E-state index is 0.195. The zero-order valence-corrected chi connectivity index (χ0v) is 13.3. The fourth-order valence-corrected chi connectivity index (χ4v) is 4.05. The van der Waals surface area contributed by atoms with Gasteiger partial charge in [0.2, 0.25) is 5.91 Å². The van der Waals surface area contributed by atoms with Gasteiger partial charge in [-0.05, 0) is 12.8 Å². The second-order valence-electron chi connectivity index (χ2n) is 5.27. The lowest BCUT2D eigenvalue weighted by atomic mass is 10.1. The highest BCUT2D eigenvalue weighted by molar-refractivity contribution is 7.85. The van der Waals surface area contributed by atoms with Gasteiger partial charge in [-0.15, -0.1) is 0 Å². The predicted molar refractivity (Wildman–Crippen MR) is 76.1 cm³/mol. The first-order valence-electron chi connectivity index (χ1n) is 7.06. The number of halogens is 1. The summed E-state index contributed by atoms with van der Waals surface area (Å²) in [5.74, 6) is -1.85. The van der Waals surface area contributed by atoms with Crippen molar-refractivity contribution in [3.8, 4) is 0 Å². The smallest absolute Gasteiger partial charge is 0.368 e. The van der Waals surface area contributed by atoms with Crippen LogP contribution in [0.3, 0.4) is 0 Å². The number of carbonyl (C=O) groups is 3. The number of hydroxylamine groups is 2. The van der Waals surface area contributed by atoms with E-state index in [2.05, 4.69) is 10.2 Å². The average molecular weight is 351 g/mol. The second kappa shape index (κ2) is 7.21. The molecule has 0 aromatic carbocycles.